The fourth-order valence-electron chi connectivity index (χ4n) is 1.66. The molecule has 1 aromatic heterocycles. The number of nitrogens with zero attached hydrogens (tertiary/aromatic N) is 2. The quantitative estimate of drug-likeness (QED) is 0.641. The SMILES string of the molecule is CC1CCN=C(c2cccnc2)C1. The predicted octanol–water partition coefficient (Wildman–Crippen LogP) is 2.30. The fourth-order valence-corrected chi connectivity index (χ4v) is 1.66. The van der Waals surface area contributed by atoms with Crippen molar-refractivity contribution in [3.63, 3.8) is 0 Å². The van der Waals surface area contributed by atoms with Crippen molar-refractivity contribution in [1.82, 2.24) is 4.98 Å². The molecule has 0 amide bonds. The Morgan fingerprint density at radius 2 is 2.38 bits per heavy atom. The normalized spacial score (nSPS) is 22.5. The second kappa shape index (κ2) is 3.69. The minimum Gasteiger partial charge on any atom is -0.289 e. The lowest BCUT2D eigenvalue weighted by atomic mass is 9.94. The van der Waals surface area contributed by atoms with Crippen LogP contribution in [0.15, 0.2) is 29.5 Å². The van der Waals surface area contributed by atoms with Crippen molar-refractivity contribution in [2.45, 2.75) is 19.8 Å². The molecule has 0 spiro atoms. The summed E-state index contributed by atoms with van der Waals surface area (Å²) in [5, 5.41) is 0. The molecule has 1 atom stereocenters. The number of rotatable bonds is 1. The van der Waals surface area contributed by atoms with E-state index >= 15 is 0 Å². The lowest BCUT2D eigenvalue weighted by Gasteiger charge is -2.17. The van der Waals surface area contributed by atoms with E-state index in [0.29, 0.717) is 0 Å². The van der Waals surface area contributed by atoms with Crippen molar-refractivity contribution in [3.05, 3.63) is 30.1 Å². The summed E-state index contributed by atoms with van der Waals surface area (Å²) in [6.45, 7) is 3.26. The van der Waals surface area contributed by atoms with Crippen LogP contribution in [0.5, 0.6) is 0 Å². The fraction of sp³-hybridized carbons (Fsp3) is 0.455. The minimum atomic E-state index is 0.771. The van der Waals surface area contributed by atoms with E-state index in [1.54, 1.807) is 6.20 Å². The molecule has 0 fully saturated rings. The Balaban J connectivity index is 2.22. The first-order valence-corrected chi connectivity index (χ1v) is 4.80. The van der Waals surface area contributed by atoms with Crippen LogP contribution in [-0.2, 0) is 0 Å². The van der Waals surface area contributed by atoms with Gasteiger partial charge in [-0.1, -0.05) is 13.0 Å². The van der Waals surface area contributed by atoms with E-state index in [9.17, 15) is 0 Å². The number of pyridine rings is 1. The monoisotopic (exact) mass is 174 g/mol. The third-order valence-electron chi connectivity index (χ3n) is 2.46. The van der Waals surface area contributed by atoms with Gasteiger partial charge in [-0.25, -0.2) is 0 Å². The van der Waals surface area contributed by atoms with Crippen LogP contribution < -0.4 is 0 Å². The zero-order chi connectivity index (χ0) is 9.10. The van der Waals surface area contributed by atoms with E-state index in [-0.39, 0.29) is 0 Å². The van der Waals surface area contributed by atoms with Crippen LogP contribution in [-0.4, -0.2) is 17.2 Å². The third-order valence-corrected chi connectivity index (χ3v) is 2.46. The predicted molar refractivity (Wildman–Crippen MR) is 54.0 cm³/mol. The van der Waals surface area contributed by atoms with E-state index in [1.165, 1.54) is 17.7 Å². The molecule has 1 aliphatic heterocycles. The van der Waals surface area contributed by atoms with Gasteiger partial charge in [0.2, 0.25) is 0 Å². The molecule has 2 nitrogen and oxygen atoms in total. The van der Waals surface area contributed by atoms with Gasteiger partial charge < -0.3 is 0 Å². The zero-order valence-corrected chi connectivity index (χ0v) is 7.90. The molecule has 1 aliphatic rings. The van der Waals surface area contributed by atoms with Gasteiger partial charge in [0.05, 0.1) is 0 Å². The van der Waals surface area contributed by atoms with E-state index in [1.807, 2.05) is 12.3 Å². The Kier molecular flexibility index (Phi) is 2.39. The highest BCUT2D eigenvalue weighted by Crippen LogP contribution is 2.17. The van der Waals surface area contributed by atoms with Crippen LogP contribution in [0.25, 0.3) is 0 Å². The molecule has 1 unspecified atom stereocenters. The Morgan fingerprint density at radius 3 is 3.08 bits per heavy atom. The number of hydrogen-bond donors (Lipinski definition) is 0. The Bertz CT molecular complexity index is 303. The topological polar surface area (TPSA) is 25.2 Å². The summed E-state index contributed by atoms with van der Waals surface area (Å²) in [5.74, 6) is 0.771. The van der Waals surface area contributed by atoms with Crippen molar-refractivity contribution >= 4 is 5.71 Å². The molecule has 2 heterocycles. The van der Waals surface area contributed by atoms with Crippen molar-refractivity contribution in [3.8, 4) is 0 Å². The van der Waals surface area contributed by atoms with Crippen molar-refractivity contribution < 1.29 is 0 Å². The summed E-state index contributed by atoms with van der Waals surface area (Å²) >= 11 is 0. The summed E-state index contributed by atoms with van der Waals surface area (Å²) in [6, 6.07) is 4.06. The summed E-state index contributed by atoms with van der Waals surface area (Å²) in [4.78, 5) is 8.63. The maximum Gasteiger partial charge on any atom is 0.0438 e. The van der Waals surface area contributed by atoms with Gasteiger partial charge in [-0.15, -0.1) is 0 Å². The van der Waals surface area contributed by atoms with Crippen LogP contribution in [0, 0.1) is 5.92 Å². The second-order valence-corrected chi connectivity index (χ2v) is 3.67. The van der Waals surface area contributed by atoms with Gasteiger partial charge in [0, 0.05) is 30.2 Å². The van der Waals surface area contributed by atoms with Crippen LogP contribution in [0.3, 0.4) is 0 Å². The molecule has 0 aliphatic carbocycles. The summed E-state index contributed by atoms with van der Waals surface area (Å²) in [5.41, 5.74) is 2.42. The zero-order valence-electron chi connectivity index (χ0n) is 7.90. The highest BCUT2D eigenvalue weighted by atomic mass is 14.8. The van der Waals surface area contributed by atoms with E-state index in [0.717, 1.165) is 18.9 Å². The summed E-state index contributed by atoms with van der Waals surface area (Å²) < 4.78 is 0. The first-order valence-electron chi connectivity index (χ1n) is 4.80. The van der Waals surface area contributed by atoms with Crippen LogP contribution >= 0.6 is 0 Å². The summed E-state index contributed by atoms with van der Waals surface area (Å²) in [6.07, 6.45) is 6.03. The van der Waals surface area contributed by atoms with Crippen LogP contribution in [0.2, 0.25) is 0 Å². The molecule has 2 heteroatoms. The van der Waals surface area contributed by atoms with Gasteiger partial charge in [-0.05, 0) is 24.8 Å². The Labute approximate surface area is 78.7 Å². The van der Waals surface area contributed by atoms with E-state index in [2.05, 4.69) is 23.0 Å². The molecule has 13 heavy (non-hydrogen) atoms. The van der Waals surface area contributed by atoms with Gasteiger partial charge >= 0.3 is 0 Å². The average Bonchev–Trinajstić information content (AvgIpc) is 2.19. The molecular formula is C11H14N2. The van der Waals surface area contributed by atoms with Gasteiger partial charge in [0.25, 0.3) is 0 Å². The second-order valence-electron chi connectivity index (χ2n) is 3.67. The molecule has 0 aromatic carbocycles. The number of aromatic nitrogens is 1. The summed E-state index contributed by atoms with van der Waals surface area (Å²) in [7, 11) is 0. The molecule has 0 bridgehead atoms. The highest BCUT2D eigenvalue weighted by Gasteiger charge is 2.13. The smallest absolute Gasteiger partial charge is 0.0438 e. The van der Waals surface area contributed by atoms with Crippen molar-refractivity contribution in [2.24, 2.45) is 10.9 Å². The first kappa shape index (κ1) is 8.42. The maximum absolute atomic E-state index is 4.53. The average molecular weight is 174 g/mol. The molecule has 0 radical (unpaired) electrons. The van der Waals surface area contributed by atoms with Crippen molar-refractivity contribution in [1.29, 1.82) is 0 Å². The van der Waals surface area contributed by atoms with Gasteiger partial charge in [0.15, 0.2) is 0 Å². The molecule has 68 valence electrons. The van der Waals surface area contributed by atoms with Crippen molar-refractivity contribution in [2.75, 3.05) is 6.54 Å². The molecule has 1 aromatic rings. The third kappa shape index (κ3) is 1.94. The lowest BCUT2D eigenvalue weighted by molar-refractivity contribution is 0.541. The molecule has 0 saturated heterocycles. The van der Waals surface area contributed by atoms with E-state index < -0.39 is 0 Å². The molecular weight excluding hydrogens is 160 g/mol. The highest BCUT2D eigenvalue weighted by molar-refractivity contribution is 6.00. The van der Waals surface area contributed by atoms with Crippen LogP contribution in [0.4, 0.5) is 0 Å². The van der Waals surface area contributed by atoms with Crippen LogP contribution in [0.1, 0.15) is 25.3 Å². The van der Waals surface area contributed by atoms with E-state index in [4.69, 9.17) is 0 Å². The molecule has 2 rings (SSSR count). The number of hydrogen-bond acceptors (Lipinski definition) is 2. The maximum atomic E-state index is 4.53. The molecule has 0 N–H and O–H groups in total. The van der Waals surface area contributed by atoms with Gasteiger partial charge in [-0.3, -0.25) is 9.98 Å². The first-order chi connectivity index (χ1) is 6.36. The van der Waals surface area contributed by atoms with Gasteiger partial charge in [-0.2, -0.15) is 0 Å². The minimum absolute atomic E-state index is 0.771. The van der Waals surface area contributed by atoms with Gasteiger partial charge in [0.1, 0.15) is 0 Å². The largest absolute Gasteiger partial charge is 0.289 e. The molecule has 0 saturated carbocycles. The lowest BCUT2D eigenvalue weighted by Crippen LogP contribution is -2.14. The number of aliphatic imine (C=N–C) groups is 1. The Hall–Kier alpha value is -1.18. The Morgan fingerprint density at radius 1 is 1.46 bits per heavy atom. The standard InChI is InChI=1S/C11H14N2/c1-9-4-6-13-11(7-9)10-3-2-5-12-8-10/h2-3,5,8-9H,4,6-7H2,1H3.